The quantitative estimate of drug-likeness (QED) is 0.529. The molecule has 0 aliphatic carbocycles. The van der Waals surface area contributed by atoms with Crippen molar-refractivity contribution in [3.63, 3.8) is 0 Å². The van der Waals surface area contributed by atoms with E-state index in [0.717, 1.165) is 0 Å². The van der Waals surface area contributed by atoms with Crippen molar-refractivity contribution in [2.45, 2.75) is 0 Å². The number of hydrazine groups is 1. The average Bonchev–Trinajstić information content (AvgIpc) is 3.12. The summed E-state index contributed by atoms with van der Waals surface area (Å²) in [6.07, 6.45) is 2.90. The molecular formula is C18H12ClFN6O. The van der Waals surface area contributed by atoms with E-state index in [0.29, 0.717) is 33.1 Å². The molecule has 0 atom stereocenters. The van der Waals surface area contributed by atoms with Gasteiger partial charge >= 0.3 is 0 Å². The van der Waals surface area contributed by atoms with Crippen LogP contribution in [-0.2, 0) is 0 Å². The Kier molecular flexibility index (Phi) is 4.39. The molecule has 9 heteroatoms. The minimum absolute atomic E-state index is 0.332. The first-order chi connectivity index (χ1) is 13.1. The number of hydrogen-bond acceptors (Lipinski definition) is 5. The van der Waals surface area contributed by atoms with E-state index in [2.05, 4.69) is 25.9 Å². The summed E-state index contributed by atoms with van der Waals surface area (Å²) in [5.74, 6) is -0.374. The van der Waals surface area contributed by atoms with E-state index in [9.17, 15) is 9.18 Å². The SMILES string of the molecule is O=C(NNc1ncnc2c1cnn2-c1ccc(F)cc1)c1ccccc1Cl. The van der Waals surface area contributed by atoms with Crippen molar-refractivity contribution in [1.29, 1.82) is 0 Å². The molecule has 0 spiro atoms. The highest BCUT2D eigenvalue weighted by molar-refractivity contribution is 6.33. The highest BCUT2D eigenvalue weighted by atomic mass is 35.5. The molecule has 0 saturated carbocycles. The van der Waals surface area contributed by atoms with Crippen LogP contribution in [0.25, 0.3) is 16.7 Å². The lowest BCUT2D eigenvalue weighted by atomic mass is 10.2. The van der Waals surface area contributed by atoms with Gasteiger partial charge in [0.2, 0.25) is 0 Å². The number of aromatic nitrogens is 4. The van der Waals surface area contributed by atoms with Gasteiger partial charge in [-0.3, -0.25) is 15.6 Å². The van der Waals surface area contributed by atoms with Crippen molar-refractivity contribution in [2.24, 2.45) is 0 Å². The Labute approximate surface area is 157 Å². The van der Waals surface area contributed by atoms with E-state index in [1.165, 1.54) is 18.5 Å². The average molecular weight is 383 g/mol. The van der Waals surface area contributed by atoms with Crippen LogP contribution in [0.15, 0.2) is 61.1 Å². The minimum Gasteiger partial charge on any atom is -0.281 e. The molecule has 0 bridgehead atoms. The number of benzene rings is 2. The van der Waals surface area contributed by atoms with Crippen molar-refractivity contribution < 1.29 is 9.18 Å². The van der Waals surface area contributed by atoms with E-state index in [1.807, 2.05) is 0 Å². The van der Waals surface area contributed by atoms with Crippen LogP contribution in [0.1, 0.15) is 10.4 Å². The molecule has 0 aliphatic heterocycles. The van der Waals surface area contributed by atoms with Crippen LogP contribution < -0.4 is 10.9 Å². The molecule has 4 aromatic rings. The molecule has 2 aromatic heterocycles. The Balaban J connectivity index is 1.61. The molecule has 2 heterocycles. The maximum atomic E-state index is 13.1. The fraction of sp³-hybridized carbons (Fsp3) is 0. The Morgan fingerprint density at radius 3 is 2.63 bits per heavy atom. The molecular weight excluding hydrogens is 371 g/mol. The number of nitrogens with one attached hydrogen (secondary N) is 2. The first kappa shape index (κ1) is 16.9. The smallest absolute Gasteiger partial charge is 0.271 e. The molecule has 0 unspecified atom stereocenters. The van der Waals surface area contributed by atoms with Gasteiger partial charge in [0.1, 0.15) is 12.1 Å². The maximum absolute atomic E-state index is 13.1. The second kappa shape index (κ2) is 7.00. The third kappa shape index (κ3) is 3.30. The highest BCUT2D eigenvalue weighted by Crippen LogP contribution is 2.21. The Hall–Kier alpha value is -3.52. The van der Waals surface area contributed by atoms with Crippen molar-refractivity contribution in [1.82, 2.24) is 25.2 Å². The summed E-state index contributed by atoms with van der Waals surface area (Å²) in [6, 6.07) is 12.6. The number of carbonyl (C=O) groups is 1. The topological polar surface area (TPSA) is 84.7 Å². The predicted octanol–water partition coefficient (Wildman–Crippen LogP) is 3.36. The van der Waals surface area contributed by atoms with Crippen molar-refractivity contribution in [3.8, 4) is 5.69 Å². The summed E-state index contributed by atoms with van der Waals surface area (Å²) in [5, 5.41) is 5.20. The number of anilines is 1. The van der Waals surface area contributed by atoms with E-state index in [4.69, 9.17) is 11.6 Å². The van der Waals surface area contributed by atoms with E-state index in [-0.39, 0.29) is 5.82 Å². The van der Waals surface area contributed by atoms with Crippen molar-refractivity contribution in [2.75, 3.05) is 5.43 Å². The van der Waals surface area contributed by atoms with Gasteiger partial charge in [0.15, 0.2) is 11.5 Å². The fourth-order valence-corrected chi connectivity index (χ4v) is 2.77. The molecule has 1 amide bonds. The lowest BCUT2D eigenvalue weighted by Gasteiger charge is -2.09. The van der Waals surface area contributed by atoms with Crippen LogP contribution in [0.4, 0.5) is 10.2 Å². The normalized spacial score (nSPS) is 10.7. The first-order valence-corrected chi connectivity index (χ1v) is 8.27. The highest BCUT2D eigenvalue weighted by Gasteiger charge is 2.13. The van der Waals surface area contributed by atoms with Gasteiger partial charge in [0, 0.05) is 0 Å². The van der Waals surface area contributed by atoms with Crippen LogP contribution in [-0.4, -0.2) is 25.7 Å². The number of rotatable bonds is 4. The molecule has 7 nitrogen and oxygen atoms in total. The monoisotopic (exact) mass is 382 g/mol. The van der Waals surface area contributed by atoms with Gasteiger partial charge in [-0.2, -0.15) is 5.10 Å². The Morgan fingerprint density at radius 1 is 1.07 bits per heavy atom. The van der Waals surface area contributed by atoms with E-state index in [1.54, 1.807) is 47.3 Å². The number of amides is 1. The zero-order chi connectivity index (χ0) is 18.8. The van der Waals surface area contributed by atoms with Gasteiger partial charge in [-0.25, -0.2) is 19.0 Å². The summed E-state index contributed by atoms with van der Waals surface area (Å²) >= 11 is 6.02. The van der Waals surface area contributed by atoms with E-state index >= 15 is 0 Å². The number of fused-ring (bicyclic) bond motifs is 1. The minimum atomic E-state index is -0.404. The molecule has 134 valence electrons. The number of halogens is 2. The largest absolute Gasteiger partial charge is 0.281 e. The zero-order valence-electron chi connectivity index (χ0n) is 13.7. The van der Waals surface area contributed by atoms with Crippen molar-refractivity contribution in [3.05, 3.63) is 77.5 Å². The number of nitrogens with zero attached hydrogens (tertiary/aromatic N) is 4. The second-order valence-corrected chi connectivity index (χ2v) is 5.96. The summed E-state index contributed by atoms with van der Waals surface area (Å²) < 4.78 is 14.7. The molecule has 0 aliphatic rings. The fourth-order valence-electron chi connectivity index (χ4n) is 2.54. The van der Waals surface area contributed by atoms with Crippen LogP contribution >= 0.6 is 11.6 Å². The maximum Gasteiger partial charge on any atom is 0.271 e. The molecule has 27 heavy (non-hydrogen) atoms. The summed E-state index contributed by atoms with van der Waals surface area (Å²) in [6.45, 7) is 0. The van der Waals surface area contributed by atoms with Crippen LogP contribution in [0, 0.1) is 5.82 Å². The lowest BCUT2D eigenvalue weighted by molar-refractivity contribution is 0.0962. The van der Waals surface area contributed by atoms with Gasteiger partial charge < -0.3 is 0 Å². The van der Waals surface area contributed by atoms with Gasteiger partial charge in [-0.1, -0.05) is 23.7 Å². The molecule has 0 fully saturated rings. The van der Waals surface area contributed by atoms with Crippen LogP contribution in [0.3, 0.4) is 0 Å². The molecule has 0 saturated heterocycles. The van der Waals surface area contributed by atoms with Crippen LogP contribution in [0.5, 0.6) is 0 Å². The van der Waals surface area contributed by atoms with Crippen LogP contribution in [0.2, 0.25) is 5.02 Å². The number of carbonyl (C=O) groups excluding carboxylic acids is 1. The van der Waals surface area contributed by atoms with E-state index < -0.39 is 5.91 Å². The summed E-state index contributed by atoms with van der Waals surface area (Å²) in [4.78, 5) is 20.6. The summed E-state index contributed by atoms with van der Waals surface area (Å²) in [7, 11) is 0. The molecule has 2 N–H and O–H groups in total. The third-order valence-electron chi connectivity index (χ3n) is 3.85. The van der Waals surface area contributed by atoms with Gasteiger partial charge in [-0.05, 0) is 36.4 Å². The summed E-state index contributed by atoms with van der Waals surface area (Å²) in [5.41, 5.74) is 6.81. The van der Waals surface area contributed by atoms with Gasteiger partial charge in [-0.15, -0.1) is 0 Å². The standard InChI is InChI=1S/C18H12ClFN6O/c19-15-4-2-1-3-13(15)18(27)25-24-16-14-9-23-26(17(14)22-10-21-16)12-7-5-11(20)6-8-12/h1-10H,(H,25,27)(H,21,22,24). The molecule has 0 radical (unpaired) electrons. The zero-order valence-corrected chi connectivity index (χ0v) is 14.5. The Bertz CT molecular complexity index is 1130. The van der Waals surface area contributed by atoms with Gasteiger partial charge in [0.05, 0.1) is 27.9 Å². The number of hydrogen-bond donors (Lipinski definition) is 2. The third-order valence-corrected chi connectivity index (χ3v) is 4.18. The molecule has 4 rings (SSSR count). The lowest BCUT2D eigenvalue weighted by Crippen LogP contribution is -2.30. The van der Waals surface area contributed by atoms with Gasteiger partial charge in [0.25, 0.3) is 5.91 Å². The Morgan fingerprint density at radius 2 is 1.85 bits per heavy atom. The second-order valence-electron chi connectivity index (χ2n) is 5.55. The van der Waals surface area contributed by atoms with Crippen molar-refractivity contribution >= 4 is 34.4 Å². The molecule has 2 aromatic carbocycles. The predicted molar refractivity (Wildman–Crippen MR) is 99.2 cm³/mol. The first-order valence-electron chi connectivity index (χ1n) is 7.89.